The van der Waals surface area contributed by atoms with E-state index in [2.05, 4.69) is 56.7 Å². The molecule has 0 atom stereocenters. The lowest BCUT2D eigenvalue weighted by Gasteiger charge is -2.08. The zero-order chi connectivity index (χ0) is 16.4. The number of H-pyrrole nitrogens is 1. The van der Waals surface area contributed by atoms with Crippen molar-refractivity contribution in [2.45, 2.75) is 13.5 Å². The van der Waals surface area contributed by atoms with Crippen LogP contribution in [0.4, 0.5) is 5.82 Å². The van der Waals surface area contributed by atoms with Crippen molar-refractivity contribution in [2.75, 3.05) is 5.32 Å². The number of benzene rings is 1. The Bertz CT molecular complexity index is 970. The second-order valence-electron chi connectivity index (χ2n) is 5.81. The van der Waals surface area contributed by atoms with E-state index in [1.54, 1.807) is 0 Å². The van der Waals surface area contributed by atoms with Gasteiger partial charge in [-0.1, -0.05) is 30.3 Å². The van der Waals surface area contributed by atoms with Gasteiger partial charge in [0, 0.05) is 30.0 Å². The lowest BCUT2D eigenvalue weighted by molar-refractivity contribution is 1.09. The van der Waals surface area contributed by atoms with Gasteiger partial charge in [-0.05, 0) is 47.9 Å². The minimum absolute atomic E-state index is 0.757. The van der Waals surface area contributed by atoms with Crippen LogP contribution < -0.4 is 5.32 Å². The molecule has 4 aromatic rings. The number of rotatable bonds is 4. The van der Waals surface area contributed by atoms with Crippen LogP contribution in [0.15, 0.2) is 67.0 Å². The molecule has 4 heteroatoms. The molecule has 0 aliphatic heterocycles. The minimum Gasteiger partial charge on any atom is -0.366 e. The van der Waals surface area contributed by atoms with Gasteiger partial charge < -0.3 is 10.3 Å². The number of hydrogen-bond acceptors (Lipinski definition) is 3. The summed E-state index contributed by atoms with van der Waals surface area (Å²) in [6.45, 7) is 2.75. The number of nitrogens with zero attached hydrogens (tertiary/aromatic N) is 2. The molecular formula is C20H18N4. The topological polar surface area (TPSA) is 53.6 Å². The Balaban J connectivity index is 1.53. The molecule has 3 heterocycles. The van der Waals surface area contributed by atoms with Crippen LogP contribution in [-0.4, -0.2) is 15.0 Å². The highest BCUT2D eigenvalue weighted by atomic mass is 15.0. The summed E-state index contributed by atoms with van der Waals surface area (Å²) in [5, 5.41) is 4.51. The molecule has 0 aliphatic rings. The maximum Gasteiger partial charge on any atom is 0.137 e. The van der Waals surface area contributed by atoms with Crippen LogP contribution in [0.25, 0.3) is 22.2 Å². The highest BCUT2D eigenvalue weighted by Gasteiger charge is 2.05. The van der Waals surface area contributed by atoms with Crippen molar-refractivity contribution in [1.82, 2.24) is 15.0 Å². The third kappa shape index (κ3) is 2.86. The highest BCUT2D eigenvalue weighted by Crippen LogP contribution is 2.27. The number of aryl methyl sites for hydroxylation is 1. The lowest BCUT2D eigenvalue weighted by atomic mass is 10.0. The van der Waals surface area contributed by atoms with Gasteiger partial charge in [0.1, 0.15) is 11.5 Å². The Morgan fingerprint density at radius 2 is 1.88 bits per heavy atom. The minimum atomic E-state index is 0.757. The number of anilines is 1. The van der Waals surface area contributed by atoms with E-state index in [9.17, 15) is 0 Å². The number of aromatic nitrogens is 3. The van der Waals surface area contributed by atoms with Crippen LogP contribution in [0, 0.1) is 6.92 Å². The Hall–Kier alpha value is -3.14. The predicted molar refractivity (Wildman–Crippen MR) is 97.8 cm³/mol. The zero-order valence-electron chi connectivity index (χ0n) is 13.5. The molecule has 0 unspecified atom stereocenters. The maximum atomic E-state index is 4.46. The fourth-order valence-corrected chi connectivity index (χ4v) is 2.85. The van der Waals surface area contributed by atoms with E-state index in [0.29, 0.717) is 0 Å². The summed E-state index contributed by atoms with van der Waals surface area (Å²) in [6, 6.07) is 18.7. The first-order valence-electron chi connectivity index (χ1n) is 7.98. The second kappa shape index (κ2) is 6.16. The van der Waals surface area contributed by atoms with Crippen LogP contribution in [0.1, 0.15) is 11.3 Å². The Labute approximate surface area is 140 Å². The number of hydrogen-bond donors (Lipinski definition) is 2. The van der Waals surface area contributed by atoms with Gasteiger partial charge in [-0.3, -0.25) is 0 Å². The van der Waals surface area contributed by atoms with Crippen molar-refractivity contribution in [3.63, 3.8) is 0 Å². The van der Waals surface area contributed by atoms with Gasteiger partial charge in [0.2, 0.25) is 0 Å². The lowest BCUT2D eigenvalue weighted by Crippen LogP contribution is -2.01. The molecule has 2 N–H and O–H groups in total. The first-order chi connectivity index (χ1) is 11.8. The molecule has 0 amide bonds. The molecule has 24 heavy (non-hydrogen) atoms. The van der Waals surface area contributed by atoms with Crippen LogP contribution in [0.5, 0.6) is 0 Å². The molecule has 0 radical (unpaired) electrons. The van der Waals surface area contributed by atoms with Gasteiger partial charge in [0.25, 0.3) is 0 Å². The summed E-state index contributed by atoms with van der Waals surface area (Å²) in [4.78, 5) is 12.0. The van der Waals surface area contributed by atoms with Crippen molar-refractivity contribution >= 4 is 16.9 Å². The molecule has 4 rings (SSSR count). The number of fused-ring (bicyclic) bond motifs is 1. The molecule has 0 aliphatic carbocycles. The van der Waals surface area contributed by atoms with Crippen molar-refractivity contribution in [1.29, 1.82) is 0 Å². The largest absolute Gasteiger partial charge is 0.366 e. The number of nitrogens with one attached hydrogen (secondary N) is 2. The normalized spacial score (nSPS) is 10.9. The Morgan fingerprint density at radius 3 is 2.71 bits per heavy atom. The van der Waals surface area contributed by atoms with Crippen LogP contribution in [-0.2, 0) is 6.54 Å². The van der Waals surface area contributed by atoms with E-state index < -0.39 is 0 Å². The van der Waals surface area contributed by atoms with E-state index >= 15 is 0 Å². The van der Waals surface area contributed by atoms with Crippen molar-refractivity contribution in [3.8, 4) is 11.1 Å². The molecule has 0 saturated heterocycles. The predicted octanol–water partition coefficient (Wildman–Crippen LogP) is 4.55. The molecule has 0 spiro atoms. The molecule has 0 saturated carbocycles. The Kier molecular flexibility index (Phi) is 3.71. The first-order valence-corrected chi connectivity index (χ1v) is 7.98. The quantitative estimate of drug-likeness (QED) is 0.581. The monoisotopic (exact) mass is 314 g/mol. The van der Waals surface area contributed by atoms with E-state index in [-0.39, 0.29) is 0 Å². The summed E-state index contributed by atoms with van der Waals surface area (Å²) in [6.07, 6.45) is 3.77. The average Bonchev–Trinajstić information content (AvgIpc) is 3.09. The third-order valence-electron chi connectivity index (χ3n) is 4.09. The van der Waals surface area contributed by atoms with Gasteiger partial charge in [-0.2, -0.15) is 0 Å². The molecule has 3 aromatic heterocycles. The van der Waals surface area contributed by atoms with Gasteiger partial charge in [0.15, 0.2) is 0 Å². The zero-order valence-corrected chi connectivity index (χ0v) is 13.5. The first kappa shape index (κ1) is 14.5. The fourth-order valence-electron chi connectivity index (χ4n) is 2.85. The SMILES string of the molecule is Cc1cccc(NCc2ccc(-c3ccnc4[nH]ccc34)cc2)n1. The van der Waals surface area contributed by atoms with Crippen molar-refractivity contribution in [3.05, 3.63) is 78.2 Å². The molecule has 118 valence electrons. The van der Waals surface area contributed by atoms with E-state index in [4.69, 9.17) is 0 Å². The molecule has 0 fully saturated rings. The van der Waals surface area contributed by atoms with Gasteiger partial charge >= 0.3 is 0 Å². The molecular weight excluding hydrogens is 296 g/mol. The smallest absolute Gasteiger partial charge is 0.137 e. The number of aromatic amines is 1. The van der Waals surface area contributed by atoms with Gasteiger partial charge in [-0.25, -0.2) is 9.97 Å². The van der Waals surface area contributed by atoms with Gasteiger partial charge in [0.05, 0.1) is 0 Å². The second-order valence-corrected chi connectivity index (χ2v) is 5.81. The van der Waals surface area contributed by atoms with E-state index in [0.717, 1.165) is 29.1 Å². The average molecular weight is 314 g/mol. The standard InChI is InChI=1S/C20H18N4/c1-14-3-2-4-19(24-14)23-13-15-5-7-16(8-6-15)17-9-11-21-20-18(17)10-12-22-20/h2-12H,13H2,1H3,(H,21,22)(H,23,24). The summed E-state index contributed by atoms with van der Waals surface area (Å²) >= 11 is 0. The van der Waals surface area contributed by atoms with Crippen LogP contribution >= 0.6 is 0 Å². The molecule has 4 nitrogen and oxygen atoms in total. The third-order valence-corrected chi connectivity index (χ3v) is 4.09. The van der Waals surface area contributed by atoms with Crippen LogP contribution in [0.3, 0.4) is 0 Å². The summed E-state index contributed by atoms with van der Waals surface area (Å²) in [5.41, 5.74) is 5.55. The summed E-state index contributed by atoms with van der Waals surface area (Å²) in [7, 11) is 0. The van der Waals surface area contributed by atoms with Crippen molar-refractivity contribution in [2.24, 2.45) is 0 Å². The van der Waals surface area contributed by atoms with Gasteiger partial charge in [-0.15, -0.1) is 0 Å². The maximum absolute atomic E-state index is 4.46. The van der Waals surface area contributed by atoms with E-state index in [1.807, 2.05) is 37.5 Å². The number of pyridine rings is 2. The van der Waals surface area contributed by atoms with Crippen LogP contribution in [0.2, 0.25) is 0 Å². The fraction of sp³-hybridized carbons (Fsp3) is 0.100. The highest BCUT2D eigenvalue weighted by molar-refractivity contribution is 5.92. The summed E-state index contributed by atoms with van der Waals surface area (Å²) < 4.78 is 0. The summed E-state index contributed by atoms with van der Waals surface area (Å²) in [5.74, 6) is 0.905. The molecule has 0 bridgehead atoms. The van der Waals surface area contributed by atoms with E-state index in [1.165, 1.54) is 16.7 Å². The molecule has 1 aromatic carbocycles. The Morgan fingerprint density at radius 1 is 1.00 bits per heavy atom. The van der Waals surface area contributed by atoms with Crippen molar-refractivity contribution < 1.29 is 0 Å².